The highest BCUT2D eigenvalue weighted by atomic mass is 32.1. The molecule has 1 heterocycles. The monoisotopic (exact) mass is 200 g/mol. The van der Waals surface area contributed by atoms with E-state index in [-0.39, 0.29) is 11.6 Å². The van der Waals surface area contributed by atoms with Crippen LogP contribution in [-0.4, -0.2) is 27.8 Å². The third-order valence-electron chi connectivity index (χ3n) is 2.99. The van der Waals surface area contributed by atoms with Crippen LogP contribution in [0.25, 0.3) is 0 Å². The van der Waals surface area contributed by atoms with Gasteiger partial charge >= 0.3 is 6.09 Å². The Morgan fingerprint density at radius 3 is 2.85 bits per heavy atom. The molecule has 4 nitrogen and oxygen atoms in total. The summed E-state index contributed by atoms with van der Waals surface area (Å²) in [5.41, 5.74) is -0.0462. The summed E-state index contributed by atoms with van der Waals surface area (Å²) in [5, 5.41) is 14.4. The standard InChI is InChI=1S/C8H12N2O2S/c11-7(12)9-5-4-6(13)10-8(5)2-1-3-8/h5,9H,1-4H2,(H,10,13)(H,11,12). The van der Waals surface area contributed by atoms with Gasteiger partial charge in [-0.15, -0.1) is 0 Å². The lowest BCUT2D eigenvalue weighted by Gasteiger charge is -2.43. The molecule has 72 valence electrons. The molecule has 0 radical (unpaired) electrons. The molecule has 1 amide bonds. The number of carboxylic acid groups (broad SMARTS) is 1. The largest absolute Gasteiger partial charge is 0.465 e. The number of amides is 1. The van der Waals surface area contributed by atoms with Gasteiger partial charge in [-0.25, -0.2) is 4.79 Å². The first-order chi connectivity index (χ1) is 6.12. The third kappa shape index (κ3) is 1.37. The maximum Gasteiger partial charge on any atom is 0.404 e. The molecule has 0 bridgehead atoms. The average Bonchev–Trinajstić information content (AvgIpc) is 2.24. The van der Waals surface area contributed by atoms with Gasteiger partial charge in [-0.05, 0) is 19.3 Å². The highest BCUT2D eigenvalue weighted by Crippen LogP contribution is 2.39. The van der Waals surface area contributed by atoms with Crippen molar-refractivity contribution in [2.45, 2.75) is 37.3 Å². The topological polar surface area (TPSA) is 61.4 Å². The normalized spacial score (nSPS) is 29.5. The van der Waals surface area contributed by atoms with Gasteiger partial charge in [0.2, 0.25) is 0 Å². The fraction of sp³-hybridized carbons (Fsp3) is 0.750. The molecule has 2 rings (SSSR count). The molecule has 1 aliphatic heterocycles. The summed E-state index contributed by atoms with van der Waals surface area (Å²) in [4.78, 5) is 11.3. The van der Waals surface area contributed by atoms with E-state index in [1.165, 1.54) is 0 Å². The molecule has 1 saturated carbocycles. The van der Waals surface area contributed by atoms with Crippen LogP contribution in [0.5, 0.6) is 0 Å². The van der Waals surface area contributed by atoms with Gasteiger partial charge in [0, 0.05) is 6.42 Å². The van der Waals surface area contributed by atoms with Gasteiger partial charge in [-0.2, -0.15) is 0 Å². The van der Waals surface area contributed by atoms with Crippen LogP contribution in [0.15, 0.2) is 0 Å². The summed E-state index contributed by atoms with van der Waals surface area (Å²) in [7, 11) is 0. The van der Waals surface area contributed by atoms with Crippen LogP contribution in [0, 0.1) is 0 Å². The predicted molar refractivity (Wildman–Crippen MR) is 51.9 cm³/mol. The van der Waals surface area contributed by atoms with Gasteiger partial charge < -0.3 is 15.7 Å². The van der Waals surface area contributed by atoms with Crippen molar-refractivity contribution in [1.29, 1.82) is 0 Å². The van der Waals surface area contributed by atoms with Crippen LogP contribution in [0.3, 0.4) is 0 Å². The second-order valence-corrected chi connectivity index (χ2v) is 4.26. The molecule has 1 spiro atoms. The van der Waals surface area contributed by atoms with Crippen LogP contribution < -0.4 is 10.6 Å². The number of thiocarbonyl (C=S) groups is 1. The van der Waals surface area contributed by atoms with E-state index in [0.717, 1.165) is 24.3 Å². The minimum atomic E-state index is -0.956. The Morgan fingerprint density at radius 1 is 1.69 bits per heavy atom. The molecule has 1 aliphatic carbocycles. The minimum Gasteiger partial charge on any atom is -0.465 e. The van der Waals surface area contributed by atoms with E-state index in [0.29, 0.717) is 6.42 Å². The number of nitrogens with one attached hydrogen (secondary N) is 2. The summed E-state index contributed by atoms with van der Waals surface area (Å²) < 4.78 is 0. The van der Waals surface area contributed by atoms with E-state index >= 15 is 0 Å². The Bertz CT molecular complexity index is 263. The van der Waals surface area contributed by atoms with Crippen LogP contribution in [0.2, 0.25) is 0 Å². The zero-order chi connectivity index (χ0) is 9.47. The lowest BCUT2D eigenvalue weighted by atomic mass is 9.73. The van der Waals surface area contributed by atoms with Gasteiger partial charge in [-0.3, -0.25) is 0 Å². The van der Waals surface area contributed by atoms with E-state index < -0.39 is 6.09 Å². The molecule has 0 aromatic carbocycles. The predicted octanol–water partition coefficient (Wildman–Crippen LogP) is 0.866. The van der Waals surface area contributed by atoms with Crippen molar-refractivity contribution in [2.75, 3.05) is 0 Å². The van der Waals surface area contributed by atoms with Crippen molar-refractivity contribution < 1.29 is 9.90 Å². The van der Waals surface area contributed by atoms with Crippen molar-refractivity contribution in [1.82, 2.24) is 10.6 Å². The zero-order valence-electron chi connectivity index (χ0n) is 7.17. The molecule has 2 fully saturated rings. The van der Waals surface area contributed by atoms with Gasteiger partial charge in [0.25, 0.3) is 0 Å². The molecule has 1 saturated heterocycles. The third-order valence-corrected chi connectivity index (χ3v) is 3.26. The summed E-state index contributed by atoms with van der Waals surface area (Å²) in [6.07, 6.45) is 2.91. The lowest BCUT2D eigenvalue weighted by molar-refractivity contribution is 0.152. The van der Waals surface area contributed by atoms with Crippen molar-refractivity contribution >= 4 is 23.3 Å². The van der Waals surface area contributed by atoms with Crippen molar-refractivity contribution in [3.8, 4) is 0 Å². The smallest absolute Gasteiger partial charge is 0.404 e. The first-order valence-electron chi connectivity index (χ1n) is 4.43. The fourth-order valence-electron chi connectivity index (χ4n) is 2.17. The highest BCUT2D eigenvalue weighted by Gasteiger charge is 2.49. The van der Waals surface area contributed by atoms with E-state index in [1.54, 1.807) is 0 Å². The summed E-state index contributed by atoms with van der Waals surface area (Å²) in [6, 6.07) is -0.0220. The molecular weight excluding hydrogens is 188 g/mol. The van der Waals surface area contributed by atoms with Crippen molar-refractivity contribution in [2.24, 2.45) is 0 Å². The van der Waals surface area contributed by atoms with Crippen molar-refractivity contribution in [3.63, 3.8) is 0 Å². The van der Waals surface area contributed by atoms with E-state index in [4.69, 9.17) is 17.3 Å². The van der Waals surface area contributed by atoms with Crippen LogP contribution >= 0.6 is 12.2 Å². The number of hydrogen-bond donors (Lipinski definition) is 3. The number of carbonyl (C=O) groups is 1. The fourth-order valence-corrected chi connectivity index (χ4v) is 2.54. The molecule has 0 aromatic heterocycles. The van der Waals surface area contributed by atoms with Crippen LogP contribution in [0.4, 0.5) is 4.79 Å². The maximum absolute atomic E-state index is 10.5. The Morgan fingerprint density at radius 2 is 2.38 bits per heavy atom. The van der Waals surface area contributed by atoms with Crippen LogP contribution in [-0.2, 0) is 0 Å². The van der Waals surface area contributed by atoms with Gasteiger partial charge in [0.15, 0.2) is 0 Å². The molecule has 1 atom stereocenters. The summed E-state index contributed by atoms with van der Waals surface area (Å²) in [5.74, 6) is 0. The van der Waals surface area contributed by atoms with Gasteiger partial charge in [0.05, 0.1) is 16.6 Å². The lowest BCUT2D eigenvalue weighted by Crippen LogP contribution is -2.59. The molecule has 3 N–H and O–H groups in total. The first-order valence-corrected chi connectivity index (χ1v) is 4.84. The van der Waals surface area contributed by atoms with Gasteiger partial charge in [-0.1, -0.05) is 12.2 Å². The van der Waals surface area contributed by atoms with E-state index in [9.17, 15) is 4.79 Å². The number of hydrogen-bond acceptors (Lipinski definition) is 2. The quantitative estimate of drug-likeness (QED) is 0.550. The highest BCUT2D eigenvalue weighted by molar-refractivity contribution is 7.80. The van der Waals surface area contributed by atoms with Gasteiger partial charge in [0.1, 0.15) is 0 Å². The Balaban J connectivity index is 2.08. The van der Waals surface area contributed by atoms with Crippen LogP contribution in [0.1, 0.15) is 25.7 Å². The molecule has 0 aromatic rings. The summed E-state index contributed by atoms with van der Waals surface area (Å²) >= 11 is 5.05. The second kappa shape index (κ2) is 2.83. The van der Waals surface area contributed by atoms with E-state index in [2.05, 4.69) is 10.6 Å². The van der Waals surface area contributed by atoms with E-state index in [1.807, 2.05) is 0 Å². The minimum absolute atomic E-state index is 0.0220. The molecule has 13 heavy (non-hydrogen) atoms. The Hall–Kier alpha value is -0.840. The first kappa shape index (κ1) is 8.74. The maximum atomic E-state index is 10.5. The Kier molecular flexibility index (Phi) is 1.91. The SMILES string of the molecule is O=C(O)NC1CC(=S)NC12CCC2. The Labute approximate surface area is 81.7 Å². The molecule has 5 heteroatoms. The molecular formula is C8H12N2O2S. The summed E-state index contributed by atoms with van der Waals surface area (Å²) in [6.45, 7) is 0. The second-order valence-electron chi connectivity index (χ2n) is 3.76. The zero-order valence-corrected chi connectivity index (χ0v) is 7.99. The number of rotatable bonds is 1. The average molecular weight is 200 g/mol. The van der Waals surface area contributed by atoms with Crippen molar-refractivity contribution in [3.05, 3.63) is 0 Å². The molecule has 2 aliphatic rings. The molecule has 1 unspecified atom stereocenters.